The van der Waals surface area contributed by atoms with Crippen LogP contribution in [0.4, 0.5) is 17.1 Å². The lowest BCUT2D eigenvalue weighted by Crippen LogP contribution is -2.21. The zero-order valence-electron chi connectivity index (χ0n) is 15.8. The molecule has 0 bridgehead atoms. The van der Waals surface area contributed by atoms with Crippen molar-refractivity contribution in [3.63, 3.8) is 0 Å². The first kappa shape index (κ1) is 20.4. The first-order chi connectivity index (χ1) is 14.1. The Kier molecular flexibility index (Phi) is 7.25. The summed E-state index contributed by atoms with van der Waals surface area (Å²) in [6, 6.07) is 24.1. The maximum absolute atomic E-state index is 12.1. The summed E-state index contributed by atoms with van der Waals surface area (Å²) in [5, 5.41) is 9.30. The number of benzene rings is 3. The SMILES string of the molecule is O=C(CCc1ccccc1)Nc1ccc(NC(=O)CNc2cccc(Cl)c2)cc1. The summed E-state index contributed by atoms with van der Waals surface area (Å²) in [4.78, 5) is 24.2. The van der Waals surface area contributed by atoms with Gasteiger partial charge in [0.2, 0.25) is 11.8 Å². The second-order valence-electron chi connectivity index (χ2n) is 6.52. The van der Waals surface area contributed by atoms with Crippen LogP contribution >= 0.6 is 11.6 Å². The summed E-state index contributed by atoms with van der Waals surface area (Å²) in [5.41, 5.74) is 3.26. The maximum atomic E-state index is 12.1. The number of rotatable bonds is 8. The molecule has 6 heteroatoms. The number of carbonyl (C=O) groups excluding carboxylic acids is 2. The van der Waals surface area contributed by atoms with Gasteiger partial charge in [-0.3, -0.25) is 9.59 Å². The summed E-state index contributed by atoms with van der Waals surface area (Å²) >= 11 is 5.92. The summed E-state index contributed by atoms with van der Waals surface area (Å²) < 4.78 is 0. The molecule has 0 aliphatic rings. The van der Waals surface area contributed by atoms with E-state index < -0.39 is 0 Å². The number of halogens is 1. The molecule has 29 heavy (non-hydrogen) atoms. The minimum Gasteiger partial charge on any atom is -0.376 e. The molecule has 0 saturated heterocycles. The van der Waals surface area contributed by atoms with Gasteiger partial charge >= 0.3 is 0 Å². The van der Waals surface area contributed by atoms with Gasteiger partial charge in [-0.05, 0) is 54.4 Å². The average Bonchev–Trinajstić information content (AvgIpc) is 2.73. The third-order valence-corrected chi connectivity index (χ3v) is 4.45. The van der Waals surface area contributed by atoms with Gasteiger partial charge in [-0.15, -0.1) is 0 Å². The van der Waals surface area contributed by atoms with Gasteiger partial charge < -0.3 is 16.0 Å². The Balaban J connectivity index is 1.43. The van der Waals surface area contributed by atoms with E-state index in [1.807, 2.05) is 42.5 Å². The Bertz CT molecular complexity index is 959. The van der Waals surface area contributed by atoms with Crippen molar-refractivity contribution < 1.29 is 9.59 Å². The molecule has 0 heterocycles. The second kappa shape index (κ2) is 10.3. The van der Waals surface area contributed by atoms with E-state index >= 15 is 0 Å². The Morgan fingerprint density at radius 2 is 1.38 bits per heavy atom. The summed E-state index contributed by atoms with van der Waals surface area (Å²) in [5.74, 6) is -0.221. The lowest BCUT2D eigenvalue weighted by Gasteiger charge is -2.09. The molecule has 0 aliphatic heterocycles. The third-order valence-electron chi connectivity index (χ3n) is 4.21. The number of amides is 2. The van der Waals surface area contributed by atoms with E-state index in [1.165, 1.54) is 0 Å². The van der Waals surface area contributed by atoms with E-state index in [9.17, 15) is 9.59 Å². The summed E-state index contributed by atoms with van der Waals surface area (Å²) in [6.45, 7) is 0.123. The van der Waals surface area contributed by atoms with E-state index in [0.717, 1.165) is 11.3 Å². The highest BCUT2D eigenvalue weighted by Gasteiger charge is 2.05. The van der Waals surface area contributed by atoms with E-state index in [1.54, 1.807) is 36.4 Å². The van der Waals surface area contributed by atoms with Crippen molar-refractivity contribution in [3.8, 4) is 0 Å². The number of nitrogens with one attached hydrogen (secondary N) is 3. The Hall–Kier alpha value is -3.31. The molecule has 3 N–H and O–H groups in total. The van der Waals surface area contributed by atoms with Crippen LogP contribution in [-0.2, 0) is 16.0 Å². The number of aryl methyl sites for hydroxylation is 1. The van der Waals surface area contributed by atoms with Gasteiger partial charge in [-0.2, -0.15) is 0 Å². The van der Waals surface area contributed by atoms with Crippen molar-refractivity contribution in [1.29, 1.82) is 0 Å². The zero-order valence-corrected chi connectivity index (χ0v) is 16.6. The van der Waals surface area contributed by atoms with Crippen molar-refractivity contribution >= 4 is 40.5 Å². The fraction of sp³-hybridized carbons (Fsp3) is 0.130. The van der Waals surface area contributed by atoms with Gasteiger partial charge in [0.25, 0.3) is 0 Å². The largest absolute Gasteiger partial charge is 0.376 e. The second-order valence-corrected chi connectivity index (χ2v) is 6.96. The molecule has 0 aromatic heterocycles. The predicted molar refractivity (Wildman–Crippen MR) is 118 cm³/mol. The van der Waals surface area contributed by atoms with Crippen LogP contribution in [-0.4, -0.2) is 18.4 Å². The molecule has 5 nitrogen and oxygen atoms in total. The molecule has 3 aromatic rings. The van der Waals surface area contributed by atoms with Crippen molar-refractivity contribution in [1.82, 2.24) is 0 Å². The first-order valence-corrected chi connectivity index (χ1v) is 9.69. The molecule has 148 valence electrons. The smallest absolute Gasteiger partial charge is 0.243 e. The standard InChI is InChI=1S/C23H22ClN3O2/c24-18-7-4-8-21(15-18)25-16-23(29)27-20-12-10-19(11-13-20)26-22(28)14-9-17-5-2-1-3-6-17/h1-8,10-13,15,25H,9,14,16H2,(H,26,28)(H,27,29). The van der Waals surface area contributed by atoms with Crippen molar-refractivity contribution in [2.75, 3.05) is 22.5 Å². The molecule has 3 aromatic carbocycles. The van der Waals surface area contributed by atoms with Crippen molar-refractivity contribution in [2.45, 2.75) is 12.8 Å². The van der Waals surface area contributed by atoms with E-state index in [-0.39, 0.29) is 18.4 Å². The van der Waals surface area contributed by atoms with E-state index in [4.69, 9.17) is 11.6 Å². The van der Waals surface area contributed by atoms with Crippen LogP contribution in [0.3, 0.4) is 0 Å². The molecule has 0 fully saturated rings. The van der Waals surface area contributed by atoms with Gasteiger partial charge in [0.1, 0.15) is 0 Å². The normalized spacial score (nSPS) is 10.2. The first-order valence-electron chi connectivity index (χ1n) is 9.31. The highest BCUT2D eigenvalue weighted by atomic mass is 35.5. The van der Waals surface area contributed by atoms with E-state index in [2.05, 4.69) is 16.0 Å². The minimum absolute atomic E-state index is 0.0450. The molecule has 3 rings (SSSR count). The molecule has 0 atom stereocenters. The third kappa shape index (κ3) is 6.97. The number of hydrogen-bond donors (Lipinski definition) is 3. The topological polar surface area (TPSA) is 70.2 Å². The van der Waals surface area contributed by atoms with Crippen LogP contribution in [0, 0.1) is 0 Å². The van der Waals surface area contributed by atoms with Crippen LogP contribution in [0.5, 0.6) is 0 Å². The molecule has 0 unspecified atom stereocenters. The van der Waals surface area contributed by atoms with Crippen LogP contribution < -0.4 is 16.0 Å². The van der Waals surface area contributed by atoms with Crippen LogP contribution in [0.25, 0.3) is 0 Å². The van der Waals surface area contributed by atoms with Crippen molar-refractivity contribution in [3.05, 3.63) is 89.4 Å². The molecule has 0 aliphatic carbocycles. The monoisotopic (exact) mass is 407 g/mol. The van der Waals surface area contributed by atoms with Crippen molar-refractivity contribution in [2.24, 2.45) is 0 Å². The number of carbonyl (C=O) groups is 2. The lowest BCUT2D eigenvalue weighted by molar-refractivity contribution is -0.116. The molecule has 0 spiro atoms. The van der Waals surface area contributed by atoms with Crippen LogP contribution in [0.1, 0.15) is 12.0 Å². The zero-order chi connectivity index (χ0) is 20.5. The molecular formula is C23H22ClN3O2. The number of anilines is 3. The Morgan fingerprint density at radius 1 is 0.724 bits per heavy atom. The molecular weight excluding hydrogens is 386 g/mol. The summed E-state index contributed by atoms with van der Waals surface area (Å²) in [7, 11) is 0. The average molecular weight is 408 g/mol. The van der Waals surface area contributed by atoms with Crippen LogP contribution in [0.2, 0.25) is 5.02 Å². The van der Waals surface area contributed by atoms with Gasteiger partial charge in [0.05, 0.1) is 6.54 Å². The van der Waals surface area contributed by atoms with E-state index in [0.29, 0.717) is 29.2 Å². The highest BCUT2D eigenvalue weighted by molar-refractivity contribution is 6.30. The fourth-order valence-corrected chi connectivity index (χ4v) is 2.94. The minimum atomic E-state index is -0.176. The van der Waals surface area contributed by atoms with Crippen LogP contribution in [0.15, 0.2) is 78.9 Å². The molecule has 0 saturated carbocycles. The van der Waals surface area contributed by atoms with Gasteiger partial charge in [0.15, 0.2) is 0 Å². The summed E-state index contributed by atoms with van der Waals surface area (Å²) in [6.07, 6.45) is 1.11. The highest BCUT2D eigenvalue weighted by Crippen LogP contribution is 2.16. The van der Waals surface area contributed by atoms with Gasteiger partial charge in [0, 0.05) is 28.5 Å². The predicted octanol–water partition coefficient (Wildman–Crippen LogP) is 4.96. The Labute approximate surface area is 175 Å². The maximum Gasteiger partial charge on any atom is 0.243 e. The molecule has 0 radical (unpaired) electrons. The Morgan fingerprint density at radius 3 is 2.03 bits per heavy atom. The quantitative estimate of drug-likeness (QED) is 0.494. The lowest BCUT2D eigenvalue weighted by atomic mass is 10.1. The molecule has 2 amide bonds. The van der Waals surface area contributed by atoms with Gasteiger partial charge in [-0.25, -0.2) is 0 Å². The number of hydrogen-bond acceptors (Lipinski definition) is 3. The fourth-order valence-electron chi connectivity index (χ4n) is 2.75. The van der Waals surface area contributed by atoms with Gasteiger partial charge in [-0.1, -0.05) is 48.0 Å².